The number of methoxy groups -OCH3 is 1. The van der Waals surface area contributed by atoms with E-state index in [1.165, 1.54) is 31.4 Å². The van der Waals surface area contributed by atoms with Crippen LogP contribution in [0.3, 0.4) is 0 Å². The number of amides is 2. The number of likely N-dealkylation sites (tertiary alicyclic amines) is 1. The lowest BCUT2D eigenvalue weighted by molar-refractivity contribution is -0.151. The lowest BCUT2D eigenvalue weighted by Gasteiger charge is -2.33. The van der Waals surface area contributed by atoms with E-state index in [0.29, 0.717) is 38.3 Å². The molecule has 1 atom stereocenters. The Kier molecular flexibility index (Phi) is 11.1. The Morgan fingerprint density at radius 3 is 2.28 bits per heavy atom. The molecule has 1 fully saturated rings. The minimum Gasteiger partial charge on any atom is -0.497 e. The van der Waals surface area contributed by atoms with Gasteiger partial charge in [-0.05, 0) is 56.4 Å². The molecule has 202 valence electrons. The molecule has 1 aliphatic heterocycles. The van der Waals surface area contributed by atoms with Gasteiger partial charge in [0.05, 0.1) is 24.5 Å². The number of nitrogens with zero attached hydrogens (tertiary/aromatic N) is 2. The topological polar surface area (TPSA) is 143 Å². The summed E-state index contributed by atoms with van der Waals surface area (Å²) in [5.41, 5.74) is 1.57. The van der Waals surface area contributed by atoms with Crippen LogP contribution in [-0.4, -0.2) is 80.0 Å². The third-order valence-corrected chi connectivity index (χ3v) is 8.06. The molecule has 1 aliphatic rings. The van der Waals surface area contributed by atoms with Crippen molar-refractivity contribution in [1.29, 1.82) is 0 Å². The van der Waals surface area contributed by atoms with Crippen LogP contribution in [0.25, 0.3) is 0 Å². The Balaban J connectivity index is 2.23. The number of hydrogen-bond donors (Lipinski definition) is 2. The van der Waals surface area contributed by atoms with Crippen molar-refractivity contribution in [3.63, 3.8) is 0 Å². The quantitative estimate of drug-likeness (QED) is 0.238. The van der Waals surface area contributed by atoms with Crippen LogP contribution in [0.5, 0.6) is 5.75 Å². The largest absolute Gasteiger partial charge is 0.497 e. The first kappa shape index (κ1) is 29.5. The standard InChI is InChI=1S/C24H37N3O8S/c1-5-35-24(30)18-10-13-26(14-11-18)22(28)12-15-27(21(16-17(2)3)23(29)25-31)36(32,33)20-8-6-19(34-4)7-9-20/h6-9,17-18,21,31H,5,10-16H2,1-4H3,(H,25,29). The number of carbonyl (C=O) groups excluding carboxylic acids is 3. The molecule has 0 radical (unpaired) electrons. The molecule has 2 amide bonds. The van der Waals surface area contributed by atoms with Crippen molar-refractivity contribution in [2.24, 2.45) is 11.8 Å². The number of benzene rings is 1. The van der Waals surface area contributed by atoms with Gasteiger partial charge in [0.2, 0.25) is 15.9 Å². The predicted octanol–water partition coefficient (Wildman–Crippen LogP) is 1.80. The van der Waals surface area contributed by atoms with Crippen LogP contribution in [-0.2, 0) is 29.1 Å². The zero-order valence-electron chi connectivity index (χ0n) is 21.3. The van der Waals surface area contributed by atoms with Gasteiger partial charge in [0, 0.05) is 26.1 Å². The van der Waals surface area contributed by atoms with E-state index in [1.807, 2.05) is 13.8 Å². The Labute approximate surface area is 212 Å². The van der Waals surface area contributed by atoms with Gasteiger partial charge < -0.3 is 14.4 Å². The second kappa shape index (κ2) is 13.6. The Morgan fingerprint density at radius 2 is 1.78 bits per heavy atom. The van der Waals surface area contributed by atoms with Crippen LogP contribution in [0.1, 0.15) is 46.5 Å². The third-order valence-electron chi connectivity index (χ3n) is 6.13. The molecule has 1 aromatic rings. The summed E-state index contributed by atoms with van der Waals surface area (Å²) in [6.07, 6.45) is 0.927. The molecule has 12 heteroatoms. The molecule has 2 rings (SSSR count). The van der Waals surface area contributed by atoms with E-state index in [1.54, 1.807) is 17.3 Å². The van der Waals surface area contributed by atoms with Gasteiger partial charge in [-0.2, -0.15) is 4.31 Å². The first-order valence-electron chi connectivity index (χ1n) is 12.1. The fourth-order valence-corrected chi connectivity index (χ4v) is 5.79. The highest BCUT2D eigenvalue weighted by atomic mass is 32.2. The highest BCUT2D eigenvalue weighted by molar-refractivity contribution is 7.89. The lowest BCUT2D eigenvalue weighted by atomic mass is 9.97. The summed E-state index contributed by atoms with van der Waals surface area (Å²) in [6, 6.07) is 4.50. The zero-order chi connectivity index (χ0) is 26.9. The normalized spacial score (nSPS) is 15.6. The number of hydroxylamine groups is 1. The van der Waals surface area contributed by atoms with E-state index in [2.05, 4.69) is 0 Å². The van der Waals surface area contributed by atoms with Crippen LogP contribution in [0.2, 0.25) is 0 Å². The number of sulfonamides is 1. The fraction of sp³-hybridized carbons (Fsp3) is 0.625. The summed E-state index contributed by atoms with van der Waals surface area (Å²) < 4.78 is 38.3. The van der Waals surface area contributed by atoms with Crippen molar-refractivity contribution in [3.05, 3.63) is 24.3 Å². The van der Waals surface area contributed by atoms with Crippen LogP contribution in [0.15, 0.2) is 29.2 Å². The fourth-order valence-electron chi connectivity index (χ4n) is 4.19. The number of carbonyl (C=O) groups is 3. The highest BCUT2D eigenvalue weighted by Crippen LogP contribution is 2.25. The van der Waals surface area contributed by atoms with Crippen LogP contribution in [0.4, 0.5) is 0 Å². The Bertz CT molecular complexity index is 989. The van der Waals surface area contributed by atoms with Gasteiger partial charge in [0.15, 0.2) is 0 Å². The molecule has 11 nitrogen and oxygen atoms in total. The lowest BCUT2D eigenvalue weighted by Crippen LogP contribution is -2.51. The van der Waals surface area contributed by atoms with Crippen LogP contribution >= 0.6 is 0 Å². The summed E-state index contributed by atoms with van der Waals surface area (Å²) in [5.74, 6) is -1.28. The molecule has 0 aromatic heterocycles. The SMILES string of the molecule is CCOC(=O)C1CCN(C(=O)CCN(C(CC(C)C)C(=O)NO)S(=O)(=O)c2ccc(OC)cc2)CC1. The number of hydrogen-bond acceptors (Lipinski definition) is 8. The van der Waals surface area contributed by atoms with E-state index in [4.69, 9.17) is 9.47 Å². The van der Waals surface area contributed by atoms with Gasteiger partial charge in [-0.1, -0.05) is 13.8 Å². The maximum Gasteiger partial charge on any atom is 0.309 e. The van der Waals surface area contributed by atoms with Gasteiger partial charge in [0.25, 0.3) is 5.91 Å². The summed E-state index contributed by atoms with van der Waals surface area (Å²) in [6.45, 7) is 6.17. The molecule has 0 aliphatic carbocycles. The number of esters is 1. The molecular weight excluding hydrogens is 490 g/mol. The number of nitrogens with one attached hydrogen (secondary N) is 1. The minimum atomic E-state index is -4.20. The second-order valence-corrected chi connectivity index (χ2v) is 11.0. The van der Waals surface area contributed by atoms with Crippen molar-refractivity contribution in [2.45, 2.75) is 57.4 Å². The molecule has 1 unspecified atom stereocenters. The van der Waals surface area contributed by atoms with Gasteiger partial charge in [0.1, 0.15) is 11.8 Å². The molecule has 0 saturated carbocycles. The van der Waals surface area contributed by atoms with Crippen molar-refractivity contribution in [3.8, 4) is 5.75 Å². The Hall–Kier alpha value is -2.70. The highest BCUT2D eigenvalue weighted by Gasteiger charge is 2.37. The second-order valence-electron chi connectivity index (χ2n) is 9.07. The monoisotopic (exact) mass is 527 g/mol. The molecule has 1 saturated heterocycles. The number of rotatable bonds is 12. The van der Waals surface area contributed by atoms with E-state index in [0.717, 1.165) is 4.31 Å². The van der Waals surface area contributed by atoms with Crippen molar-refractivity contribution < 1.29 is 37.5 Å². The first-order chi connectivity index (χ1) is 17.0. The average Bonchev–Trinajstić information content (AvgIpc) is 2.87. The molecular formula is C24H37N3O8S. The number of ether oxygens (including phenoxy) is 2. The summed E-state index contributed by atoms with van der Waals surface area (Å²) >= 11 is 0. The van der Waals surface area contributed by atoms with Crippen LogP contribution in [0, 0.1) is 11.8 Å². The number of piperidine rings is 1. The minimum absolute atomic E-state index is 0.0644. The van der Waals surface area contributed by atoms with E-state index in [-0.39, 0.29) is 48.0 Å². The molecule has 2 N–H and O–H groups in total. The molecule has 0 bridgehead atoms. The molecule has 1 aromatic carbocycles. The maximum atomic E-state index is 13.6. The summed E-state index contributed by atoms with van der Waals surface area (Å²) in [7, 11) is -2.75. The molecule has 1 heterocycles. The van der Waals surface area contributed by atoms with Crippen LogP contribution < -0.4 is 10.2 Å². The first-order valence-corrected chi connectivity index (χ1v) is 13.5. The van der Waals surface area contributed by atoms with Crippen molar-refractivity contribution in [2.75, 3.05) is 33.4 Å². The van der Waals surface area contributed by atoms with Crippen molar-refractivity contribution >= 4 is 27.8 Å². The zero-order valence-corrected chi connectivity index (χ0v) is 22.1. The smallest absolute Gasteiger partial charge is 0.309 e. The summed E-state index contributed by atoms with van der Waals surface area (Å²) in [5, 5.41) is 9.31. The predicted molar refractivity (Wildman–Crippen MR) is 131 cm³/mol. The summed E-state index contributed by atoms with van der Waals surface area (Å²) in [4.78, 5) is 39.0. The van der Waals surface area contributed by atoms with Gasteiger partial charge in [-0.3, -0.25) is 19.6 Å². The van der Waals surface area contributed by atoms with E-state index in [9.17, 15) is 28.0 Å². The third kappa shape index (κ3) is 7.65. The van der Waals surface area contributed by atoms with Gasteiger partial charge in [-0.25, -0.2) is 13.9 Å². The molecule has 0 spiro atoms. The average molecular weight is 528 g/mol. The van der Waals surface area contributed by atoms with Crippen molar-refractivity contribution in [1.82, 2.24) is 14.7 Å². The molecule has 36 heavy (non-hydrogen) atoms. The van der Waals surface area contributed by atoms with E-state index >= 15 is 0 Å². The van der Waals surface area contributed by atoms with Gasteiger partial charge >= 0.3 is 5.97 Å². The van der Waals surface area contributed by atoms with Gasteiger partial charge in [-0.15, -0.1) is 0 Å². The van der Waals surface area contributed by atoms with E-state index < -0.39 is 22.0 Å². The Morgan fingerprint density at radius 1 is 1.17 bits per heavy atom. The maximum absolute atomic E-state index is 13.6.